The van der Waals surface area contributed by atoms with Gasteiger partial charge in [-0.05, 0) is 57.0 Å². The van der Waals surface area contributed by atoms with Gasteiger partial charge in [-0.1, -0.05) is 0 Å². The van der Waals surface area contributed by atoms with Crippen LogP contribution in [0.15, 0.2) is 27.4 Å². The van der Waals surface area contributed by atoms with E-state index in [2.05, 4.69) is 27.8 Å². The molecular formula is C15H19FN4O2. The molecule has 1 atom stereocenters. The Balaban J connectivity index is 1.79. The molecule has 7 heteroatoms. The fourth-order valence-electron chi connectivity index (χ4n) is 2.83. The van der Waals surface area contributed by atoms with Gasteiger partial charge in [-0.3, -0.25) is 0 Å². The number of nitrogens with zero attached hydrogens (tertiary/aromatic N) is 1. The van der Waals surface area contributed by atoms with Gasteiger partial charge in [0.2, 0.25) is 5.89 Å². The second-order valence-corrected chi connectivity index (χ2v) is 5.63. The number of aromatic nitrogens is 2. The van der Waals surface area contributed by atoms with Crippen molar-refractivity contribution in [2.75, 3.05) is 18.4 Å². The topological polar surface area (TPSA) is 83.0 Å². The molecular weight excluding hydrogens is 287 g/mol. The Morgan fingerprint density at radius 2 is 2.18 bits per heavy atom. The van der Waals surface area contributed by atoms with Crippen LogP contribution in [0.1, 0.15) is 19.8 Å². The van der Waals surface area contributed by atoms with E-state index in [1.54, 1.807) is 6.07 Å². The number of hydrogen-bond acceptors (Lipinski definition) is 5. The smallest absolute Gasteiger partial charge is 0.388 e. The number of nitrogens with one attached hydrogen (secondary N) is 3. The van der Waals surface area contributed by atoms with Crippen molar-refractivity contribution in [3.63, 3.8) is 0 Å². The van der Waals surface area contributed by atoms with Crippen molar-refractivity contribution in [1.29, 1.82) is 0 Å². The molecule has 6 nitrogen and oxygen atoms in total. The highest BCUT2D eigenvalue weighted by Gasteiger charge is 2.21. The maximum atomic E-state index is 14.0. The molecule has 118 valence electrons. The van der Waals surface area contributed by atoms with Gasteiger partial charge in [0.05, 0.1) is 5.69 Å². The molecule has 3 N–H and O–H groups in total. The zero-order valence-corrected chi connectivity index (χ0v) is 12.4. The molecule has 1 aliphatic heterocycles. The third-order valence-electron chi connectivity index (χ3n) is 4.13. The van der Waals surface area contributed by atoms with Crippen molar-refractivity contribution in [1.82, 2.24) is 15.5 Å². The molecule has 0 aliphatic carbocycles. The summed E-state index contributed by atoms with van der Waals surface area (Å²) in [7, 11) is 0. The van der Waals surface area contributed by atoms with Crippen molar-refractivity contribution in [3.8, 4) is 11.5 Å². The first-order valence-corrected chi connectivity index (χ1v) is 7.46. The lowest BCUT2D eigenvalue weighted by molar-refractivity contribution is 0.342. The zero-order chi connectivity index (χ0) is 15.5. The van der Waals surface area contributed by atoms with E-state index in [9.17, 15) is 9.18 Å². The minimum absolute atomic E-state index is 0.155. The third-order valence-corrected chi connectivity index (χ3v) is 4.13. The number of anilines is 1. The van der Waals surface area contributed by atoms with E-state index in [0.717, 1.165) is 25.9 Å². The van der Waals surface area contributed by atoms with E-state index in [1.165, 1.54) is 12.1 Å². The number of benzene rings is 1. The lowest BCUT2D eigenvalue weighted by Gasteiger charge is -2.29. The van der Waals surface area contributed by atoms with E-state index in [0.29, 0.717) is 17.2 Å². The van der Waals surface area contributed by atoms with E-state index in [4.69, 9.17) is 4.42 Å². The maximum Gasteiger partial charge on any atom is 0.434 e. The van der Waals surface area contributed by atoms with Crippen molar-refractivity contribution < 1.29 is 8.81 Å². The highest BCUT2D eigenvalue weighted by molar-refractivity contribution is 5.61. The molecule has 0 radical (unpaired) electrons. The van der Waals surface area contributed by atoms with Crippen molar-refractivity contribution in [2.45, 2.75) is 25.8 Å². The molecule has 2 aromatic rings. The summed E-state index contributed by atoms with van der Waals surface area (Å²) in [5.74, 6) is -0.297. The van der Waals surface area contributed by atoms with Crippen LogP contribution in [0.2, 0.25) is 0 Å². The highest BCUT2D eigenvalue weighted by atomic mass is 19.1. The molecule has 1 fully saturated rings. The lowest BCUT2D eigenvalue weighted by atomic mass is 9.91. The number of rotatable bonds is 4. The molecule has 0 spiro atoms. The standard InChI is InChI=1S/C15H19FN4O2/c1-9(10-4-6-17-7-5-10)18-13-8-11(2-3-12(13)16)14-19-20-15(21)22-14/h2-3,8-10,17-18H,4-7H2,1H3,(H,20,21). The van der Waals surface area contributed by atoms with Crippen LogP contribution in [0.25, 0.3) is 11.5 Å². The molecule has 0 bridgehead atoms. The summed E-state index contributed by atoms with van der Waals surface area (Å²) in [5, 5.41) is 12.5. The van der Waals surface area contributed by atoms with Crippen LogP contribution in [0.5, 0.6) is 0 Å². The maximum absolute atomic E-state index is 14.0. The van der Waals surface area contributed by atoms with Gasteiger partial charge < -0.3 is 15.1 Å². The van der Waals surface area contributed by atoms with Crippen LogP contribution in [0, 0.1) is 11.7 Å². The Kier molecular flexibility index (Phi) is 4.24. The van der Waals surface area contributed by atoms with Gasteiger partial charge >= 0.3 is 5.76 Å². The van der Waals surface area contributed by atoms with Gasteiger partial charge in [-0.15, -0.1) is 5.10 Å². The second kappa shape index (κ2) is 6.31. The van der Waals surface area contributed by atoms with Crippen LogP contribution in [0.4, 0.5) is 10.1 Å². The molecule has 1 aliphatic rings. The van der Waals surface area contributed by atoms with Crippen LogP contribution < -0.4 is 16.4 Å². The molecule has 1 unspecified atom stereocenters. The largest absolute Gasteiger partial charge is 0.434 e. The molecule has 0 saturated carbocycles. The summed E-state index contributed by atoms with van der Waals surface area (Å²) in [6.07, 6.45) is 2.15. The molecule has 0 amide bonds. The van der Waals surface area contributed by atoms with Crippen molar-refractivity contribution in [2.24, 2.45) is 5.92 Å². The Hall–Kier alpha value is -2.15. The summed E-state index contributed by atoms with van der Waals surface area (Å²) in [5.41, 5.74) is 0.953. The number of halogens is 1. The first kappa shape index (κ1) is 14.8. The molecule has 2 heterocycles. The van der Waals surface area contributed by atoms with Crippen molar-refractivity contribution in [3.05, 3.63) is 34.6 Å². The number of H-pyrrole nitrogens is 1. The molecule has 1 aromatic carbocycles. The van der Waals surface area contributed by atoms with E-state index in [1.807, 2.05) is 0 Å². The van der Waals surface area contributed by atoms with Crippen LogP contribution in [-0.2, 0) is 0 Å². The minimum atomic E-state index is -0.628. The molecule has 3 rings (SSSR count). The fourth-order valence-corrected chi connectivity index (χ4v) is 2.83. The van der Waals surface area contributed by atoms with Gasteiger partial charge in [-0.25, -0.2) is 14.3 Å². The van der Waals surface area contributed by atoms with Crippen LogP contribution >= 0.6 is 0 Å². The quantitative estimate of drug-likeness (QED) is 0.804. The van der Waals surface area contributed by atoms with Crippen LogP contribution in [0.3, 0.4) is 0 Å². The highest BCUT2D eigenvalue weighted by Crippen LogP contribution is 2.26. The zero-order valence-electron chi connectivity index (χ0n) is 12.4. The summed E-state index contributed by atoms with van der Waals surface area (Å²) in [6, 6.07) is 4.67. The van der Waals surface area contributed by atoms with E-state index >= 15 is 0 Å². The van der Waals surface area contributed by atoms with Crippen LogP contribution in [-0.4, -0.2) is 29.3 Å². The Morgan fingerprint density at radius 1 is 1.41 bits per heavy atom. The Morgan fingerprint density at radius 3 is 2.86 bits per heavy atom. The van der Waals surface area contributed by atoms with E-state index < -0.39 is 5.76 Å². The van der Waals surface area contributed by atoms with Gasteiger partial charge in [0, 0.05) is 11.6 Å². The predicted molar refractivity (Wildman–Crippen MR) is 81.2 cm³/mol. The van der Waals surface area contributed by atoms with Gasteiger partial charge in [0.1, 0.15) is 5.82 Å². The summed E-state index contributed by atoms with van der Waals surface area (Å²) in [6.45, 7) is 4.06. The first-order chi connectivity index (χ1) is 10.6. The van der Waals surface area contributed by atoms with Gasteiger partial charge in [0.25, 0.3) is 0 Å². The fraction of sp³-hybridized carbons (Fsp3) is 0.467. The normalized spacial score (nSPS) is 17.4. The molecule has 1 aromatic heterocycles. The van der Waals surface area contributed by atoms with Gasteiger partial charge in [0.15, 0.2) is 0 Å². The third kappa shape index (κ3) is 3.19. The number of piperidine rings is 1. The predicted octanol–water partition coefficient (Wildman–Crippen LogP) is 1.97. The average molecular weight is 306 g/mol. The van der Waals surface area contributed by atoms with Crippen molar-refractivity contribution >= 4 is 5.69 Å². The number of aromatic amines is 1. The average Bonchev–Trinajstić information content (AvgIpc) is 2.97. The monoisotopic (exact) mass is 306 g/mol. The summed E-state index contributed by atoms with van der Waals surface area (Å²) < 4.78 is 18.9. The summed E-state index contributed by atoms with van der Waals surface area (Å²) in [4.78, 5) is 11.0. The molecule has 1 saturated heterocycles. The SMILES string of the molecule is CC(Nc1cc(-c2n[nH]c(=O)o2)ccc1F)C1CCNCC1. The Bertz CT molecular complexity index is 691. The number of hydrogen-bond donors (Lipinski definition) is 3. The molecule has 22 heavy (non-hydrogen) atoms. The second-order valence-electron chi connectivity index (χ2n) is 5.63. The minimum Gasteiger partial charge on any atom is -0.388 e. The first-order valence-electron chi connectivity index (χ1n) is 7.46. The van der Waals surface area contributed by atoms with Gasteiger partial charge in [-0.2, -0.15) is 0 Å². The lowest BCUT2D eigenvalue weighted by Crippen LogP contribution is -2.36. The van der Waals surface area contributed by atoms with E-state index in [-0.39, 0.29) is 17.7 Å². The summed E-state index contributed by atoms with van der Waals surface area (Å²) >= 11 is 0. The Labute approximate surface area is 127 Å².